The lowest BCUT2D eigenvalue weighted by Crippen LogP contribution is -2.05. The minimum Gasteiger partial charge on any atom is -0.507 e. The van der Waals surface area contributed by atoms with E-state index in [2.05, 4.69) is 31.1 Å². The van der Waals surface area contributed by atoms with E-state index in [1.54, 1.807) is 13.2 Å². The van der Waals surface area contributed by atoms with Crippen molar-refractivity contribution in [1.29, 1.82) is 0 Å². The monoisotopic (exact) mass is 511 g/mol. The molecule has 0 atom stereocenters. The predicted octanol–water partition coefficient (Wildman–Crippen LogP) is 5.15. The average Bonchev–Trinajstić information content (AvgIpc) is 3.10. The Kier molecular flexibility index (Phi) is 6.88. The Morgan fingerprint density at radius 2 is 1.84 bits per heavy atom. The molecule has 0 spiro atoms. The molecule has 4 aromatic rings. The molecule has 7 nitrogen and oxygen atoms in total. The molecule has 31 heavy (non-hydrogen) atoms. The maximum atomic E-state index is 14.8. The number of pyridine rings is 1. The Balaban J connectivity index is 0.00000272. The highest BCUT2D eigenvalue weighted by atomic mass is 79.9. The highest BCUT2D eigenvalue weighted by Gasteiger charge is 2.20. The van der Waals surface area contributed by atoms with Gasteiger partial charge in [0.2, 0.25) is 0 Å². The molecule has 0 unspecified atom stereocenters. The molecule has 164 valence electrons. The molecule has 0 amide bonds. The van der Waals surface area contributed by atoms with Gasteiger partial charge in [-0.05, 0) is 41.1 Å². The second kappa shape index (κ2) is 9.25. The highest BCUT2D eigenvalue weighted by molar-refractivity contribution is 9.10. The average molecular weight is 513 g/mol. The van der Waals surface area contributed by atoms with Crippen LogP contribution in [0.3, 0.4) is 0 Å². The summed E-state index contributed by atoms with van der Waals surface area (Å²) in [5, 5.41) is 19.3. The second-order valence-corrected chi connectivity index (χ2v) is 7.54. The van der Waals surface area contributed by atoms with E-state index in [0.29, 0.717) is 45.9 Å². The number of phenolic OH excluding ortho intramolecular Hbond substituents is 1. The van der Waals surface area contributed by atoms with E-state index in [-0.39, 0.29) is 23.7 Å². The maximum absolute atomic E-state index is 14.8. The van der Waals surface area contributed by atoms with Crippen molar-refractivity contribution in [3.63, 3.8) is 0 Å². The zero-order chi connectivity index (χ0) is 21.4. The van der Waals surface area contributed by atoms with Gasteiger partial charge in [0.15, 0.2) is 17.1 Å². The lowest BCUT2D eigenvalue weighted by Gasteiger charge is -2.15. The zero-order valence-corrected chi connectivity index (χ0v) is 19.4. The molecule has 0 aliphatic heterocycles. The molecule has 0 saturated heterocycles. The molecule has 2 heterocycles. The third-order valence-corrected chi connectivity index (χ3v) is 5.45. The summed E-state index contributed by atoms with van der Waals surface area (Å²) >= 11 is 3.25. The van der Waals surface area contributed by atoms with Crippen molar-refractivity contribution in [1.82, 2.24) is 15.2 Å². The fraction of sp³-hybridized carbons (Fsp3) is 0.238. The van der Waals surface area contributed by atoms with Crippen molar-refractivity contribution in [2.75, 3.05) is 27.4 Å². The number of halogens is 3. The number of phenols is 1. The van der Waals surface area contributed by atoms with Crippen LogP contribution in [0.25, 0.3) is 33.1 Å². The Labute approximate surface area is 192 Å². The Hall–Kier alpha value is -2.62. The topological polar surface area (TPSA) is 89.5 Å². The summed E-state index contributed by atoms with van der Waals surface area (Å²) in [7, 11) is 3.14. The van der Waals surface area contributed by atoms with Crippen LogP contribution in [0.2, 0.25) is 0 Å². The van der Waals surface area contributed by atoms with Crippen LogP contribution in [0.1, 0.15) is 5.69 Å². The van der Waals surface area contributed by atoms with Crippen molar-refractivity contribution >= 4 is 50.1 Å². The van der Waals surface area contributed by atoms with Gasteiger partial charge in [0.1, 0.15) is 18.2 Å². The van der Waals surface area contributed by atoms with E-state index in [1.807, 2.05) is 13.0 Å². The van der Waals surface area contributed by atoms with Crippen LogP contribution >= 0.6 is 28.3 Å². The lowest BCUT2D eigenvalue weighted by atomic mass is 10.00. The fourth-order valence-corrected chi connectivity index (χ4v) is 3.72. The molecule has 10 heteroatoms. The molecule has 0 bridgehead atoms. The first-order valence-electron chi connectivity index (χ1n) is 9.11. The summed E-state index contributed by atoms with van der Waals surface area (Å²) in [4.78, 5) is 4.61. The minimum atomic E-state index is -0.601. The van der Waals surface area contributed by atoms with Crippen molar-refractivity contribution in [3.05, 3.63) is 40.2 Å². The summed E-state index contributed by atoms with van der Waals surface area (Å²) < 4.78 is 31.6. The first-order valence-corrected chi connectivity index (χ1v) is 9.90. The van der Waals surface area contributed by atoms with Gasteiger partial charge >= 0.3 is 0 Å². The maximum Gasteiger partial charge on any atom is 0.182 e. The van der Waals surface area contributed by atoms with Crippen LogP contribution in [-0.2, 0) is 4.74 Å². The van der Waals surface area contributed by atoms with E-state index >= 15 is 0 Å². The lowest BCUT2D eigenvalue weighted by molar-refractivity contribution is 0.144. The standard InChI is InChI=1S/C21H19BrFN3O4.ClH/c1-10-19-11-7-18(30-5-4-28-2)17(29-3)8-12(11)20(24-21(19)26-25-10)13-6-14(22)16(27)9-15(13)23;/h6-9,27H,4-5H2,1-3H3,(H,24,25,26);1H. The normalized spacial score (nSPS) is 11.0. The number of nitrogens with one attached hydrogen (secondary N) is 1. The molecule has 0 fully saturated rings. The number of hydrogen-bond acceptors (Lipinski definition) is 6. The number of ether oxygens (including phenoxy) is 3. The van der Waals surface area contributed by atoms with Crippen LogP contribution in [0.4, 0.5) is 4.39 Å². The Bertz CT molecular complexity index is 1270. The smallest absolute Gasteiger partial charge is 0.182 e. The van der Waals surface area contributed by atoms with E-state index in [4.69, 9.17) is 14.2 Å². The molecule has 2 aromatic carbocycles. The van der Waals surface area contributed by atoms with Gasteiger partial charge in [-0.15, -0.1) is 12.4 Å². The number of aryl methyl sites for hydroxylation is 1. The summed E-state index contributed by atoms with van der Waals surface area (Å²) in [6.45, 7) is 2.67. The van der Waals surface area contributed by atoms with E-state index in [0.717, 1.165) is 22.5 Å². The van der Waals surface area contributed by atoms with E-state index in [1.165, 1.54) is 13.2 Å². The zero-order valence-electron chi connectivity index (χ0n) is 17.0. The molecule has 4 rings (SSSR count). The number of fused-ring (bicyclic) bond motifs is 3. The quantitative estimate of drug-likeness (QED) is 0.347. The Morgan fingerprint density at radius 1 is 1.10 bits per heavy atom. The van der Waals surface area contributed by atoms with Crippen LogP contribution in [0.5, 0.6) is 17.2 Å². The molecule has 0 radical (unpaired) electrons. The number of aromatic amines is 1. The third kappa shape index (κ3) is 4.13. The van der Waals surface area contributed by atoms with Gasteiger partial charge < -0.3 is 19.3 Å². The first kappa shape index (κ1) is 23.1. The van der Waals surface area contributed by atoms with Gasteiger partial charge in [0.25, 0.3) is 0 Å². The van der Waals surface area contributed by atoms with E-state index < -0.39 is 5.82 Å². The molecule has 2 aromatic heterocycles. The van der Waals surface area contributed by atoms with Gasteiger partial charge in [-0.1, -0.05) is 0 Å². The van der Waals surface area contributed by atoms with Gasteiger partial charge in [0, 0.05) is 40.6 Å². The van der Waals surface area contributed by atoms with Crippen LogP contribution in [0.15, 0.2) is 28.7 Å². The van der Waals surface area contributed by atoms with Crippen LogP contribution in [-0.4, -0.2) is 47.7 Å². The molecule has 0 saturated carbocycles. The largest absolute Gasteiger partial charge is 0.507 e. The highest BCUT2D eigenvalue weighted by Crippen LogP contribution is 2.42. The summed E-state index contributed by atoms with van der Waals surface area (Å²) in [6, 6.07) is 6.15. The predicted molar refractivity (Wildman–Crippen MR) is 122 cm³/mol. The number of nitrogens with zero attached hydrogens (tertiary/aromatic N) is 2. The van der Waals surface area contributed by atoms with Crippen LogP contribution < -0.4 is 9.47 Å². The van der Waals surface area contributed by atoms with Crippen molar-refractivity contribution in [2.45, 2.75) is 6.92 Å². The number of benzene rings is 2. The minimum absolute atomic E-state index is 0. The van der Waals surface area contributed by atoms with Crippen molar-refractivity contribution in [2.24, 2.45) is 0 Å². The van der Waals surface area contributed by atoms with Gasteiger partial charge in [0.05, 0.1) is 23.9 Å². The molecule has 2 N–H and O–H groups in total. The number of rotatable bonds is 6. The summed E-state index contributed by atoms with van der Waals surface area (Å²) in [5.74, 6) is 0.230. The van der Waals surface area contributed by atoms with Gasteiger partial charge in [-0.3, -0.25) is 5.10 Å². The molecular formula is C21H20BrClFN3O4. The van der Waals surface area contributed by atoms with Crippen LogP contribution in [0, 0.1) is 12.7 Å². The SMILES string of the molecule is COCCOc1cc2c(cc1OC)c(-c1cc(Br)c(O)cc1F)nc1n[nH]c(C)c12.Cl. The number of H-pyrrole nitrogens is 1. The van der Waals surface area contributed by atoms with Gasteiger partial charge in [-0.25, -0.2) is 9.37 Å². The number of hydrogen-bond donors (Lipinski definition) is 2. The number of aromatic nitrogens is 3. The van der Waals surface area contributed by atoms with E-state index in [9.17, 15) is 9.50 Å². The summed E-state index contributed by atoms with van der Waals surface area (Å²) in [6.07, 6.45) is 0. The van der Waals surface area contributed by atoms with Crippen molar-refractivity contribution < 1.29 is 23.7 Å². The summed E-state index contributed by atoms with van der Waals surface area (Å²) in [5.41, 5.74) is 1.88. The number of aromatic hydroxyl groups is 1. The van der Waals surface area contributed by atoms with Gasteiger partial charge in [-0.2, -0.15) is 5.10 Å². The molecule has 0 aliphatic carbocycles. The first-order chi connectivity index (χ1) is 14.4. The Morgan fingerprint density at radius 3 is 2.55 bits per heavy atom. The van der Waals surface area contributed by atoms with Crippen molar-refractivity contribution in [3.8, 4) is 28.5 Å². The third-order valence-electron chi connectivity index (χ3n) is 4.81. The molecule has 0 aliphatic rings. The fourth-order valence-electron chi connectivity index (χ4n) is 3.38. The number of methoxy groups -OCH3 is 2. The second-order valence-electron chi connectivity index (χ2n) is 6.68. The molecular weight excluding hydrogens is 493 g/mol.